The van der Waals surface area contributed by atoms with Crippen LogP contribution in [0, 0.1) is 5.92 Å². The molecule has 30 heavy (non-hydrogen) atoms. The van der Waals surface area contributed by atoms with Gasteiger partial charge in [0.15, 0.2) is 0 Å². The number of halogens is 3. The van der Waals surface area contributed by atoms with Crippen molar-refractivity contribution in [2.24, 2.45) is 5.92 Å². The van der Waals surface area contributed by atoms with Gasteiger partial charge in [-0.05, 0) is 29.8 Å². The molecule has 0 radical (unpaired) electrons. The van der Waals surface area contributed by atoms with Crippen molar-refractivity contribution in [3.8, 4) is 5.75 Å². The van der Waals surface area contributed by atoms with Crippen LogP contribution in [0.15, 0.2) is 36.5 Å². The predicted octanol–water partition coefficient (Wildman–Crippen LogP) is 3.62. The second-order valence-electron chi connectivity index (χ2n) is 6.83. The van der Waals surface area contributed by atoms with Crippen molar-refractivity contribution in [3.63, 3.8) is 0 Å². The molecule has 0 fully saturated rings. The smallest absolute Gasteiger partial charge is 0.272 e. The van der Waals surface area contributed by atoms with Gasteiger partial charge in [0.1, 0.15) is 12.4 Å². The standard InChI is InChI=1S/C21H24ClF2N3O3/c1-13(2)20(28)26-9-7-18-16(4-3-8-25-18)21(29)27-11-14-5-6-15(10-17(14)22)30-12-19(23)24/h3-6,8,10,13,19H,7,9,11-12H2,1-2H3,(H,26,28)(H,27,29). The van der Waals surface area contributed by atoms with Crippen molar-refractivity contribution in [3.05, 3.63) is 58.4 Å². The maximum atomic E-state index is 12.6. The van der Waals surface area contributed by atoms with E-state index < -0.39 is 13.0 Å². The molecule has 0 atom stereocenters. The molecule has 0 aliphatic carbocycles. The van der Waals surface area contributed by atoms with Gasteiger partial charge in [-0.3, -0.25) is 14.6 Å². The number of nitrogens with zero attached hydrogens (tertiary/aromatic N) is 1. The van der Waals surface area contributed by atoms with E-state index >= 15 is 0 Å². The van der Waals surface area contributed by atoms with E-state index in [0.29, 0.717) is 34.8 Å². The Kier molecular flexibility index (Phi) is 8.98. The van der Waals surface area contributed by atoms with E-state index in [-0.39, 0.29) is 30.0 Å². The number of benzene rings is 1. The first-order chi connectivity index (χ1) is 14.3. The number of rotatable bonds is 10. The molecule has 2 amide bonds. The minimum atomic E-state index is -2.57. The zero-order valence-corrected chi connectivity index (χ0v) is 17.5. The Morgan fingerprint density at radius 2 is 1.97 bits per heavy atom. The number of carbonyl (C=O) groups is 2. The molecule has 0 saturated carbocycles. The first-order valence-corrected chi connectivity index (χ1v) is 9.85. The molecule has 6 nitrogen and oxygen atoms in total. The molecular formula is C21H24ClF2N3O3. The van der Waals surface area contributed by atoms with E-state index in [9.17, 15) is 18.4 Å². The molecule has 0 bridgehead atoms. The zero-order valence-electron chi connectivity index (χ0n) is 16.8. The van der Waals surface area contributed by atoms with Crippen LogP contribution in [-0.2, 0) is 17.8 Å². The molecule has 0 aliphatic heterocycles. The van der Waals surface area contributed by atoms with Crippen molar-refractivity contribution in [1.82, 2.24) is 15.6 Å². The highest BCUT2D eigenvalue weighted by Crippen LogP contribution is 2.23. The van der Waals surface area contributed by atoms with Gasteiger partial charge in [0.2, 0.25) is 5.91 Å². The number of carbonyl (C=O) groups excluding carboxylic acids is 2. The predicted molar refractivity (Wildman–Crippen MR) is 110 cm³/mol. The van der Waals surface area contributed by atoms with Gasteiger partial charge in [-0.15, -0.1) is 0 Å². The zero-order chi connectivity index (χ0) is 22.1. The third kappa shape index (κ3) is 7.26. The molecule has 0 saturated heterocycles. The van der Waals surface area contributed by atoms with E-state index in [0.717, 1.165) is 0 Å². The molecule has 0 spiro atoms. The third-order valence-electron chi connectivity index (χ3n) is 4.16. The summed E-state index contributed by atoms with van der Waals surface area (Å²) in [7, 11) is 0. The number of ether oxygens (including phenoxy) is 1. The lowest BCUT2D eigenvalue weighted by atomic mass is 10.1. The molecule has 162 valence electrons. The highest BCUT2D eigenvalue weighted by Gasteiger charge is 2.14. The Morgan fingerprint density at radius 1 is 1.20 bits per heavy atom. The quantitative estimate of drug-likeness (QED) is 0.592. The fourth-order valence-corrected chi connectivity index (χ4v) is 2.78. The third-order valence-corrected chi connectivity index (χ3v) is 4.51. The SMILES string of the molecule is CC(C)C(=O)NCCc1ncccc1C(=O)NCc1ccc(OCC(F)F)cc1Cl. The first kappa shape index (κ1) is 23.5. The number of alkyl halides is 2. The van der Waals surface area contributed by atoms with Crippen molar-refractivity contribution >= 4 is 23.4 Å². The molecule has 0 unspecified atom stereocenters. The minimum Gasteiger partial charge on any atom is -0.488 e. The number of amides is 2. The van der Waals surface area contributed by atoms with Gasteiger partial charge in [-0.2, -0.15) is 0 Å². The van der Waals surface area contributed by atoms with Crippen LogP contribution in [0.25, 0.3) is 0 Å². The van der Waals surface area contributed by atoms with Gasteiger partial charge < -0.3 is 15.4 Å². The lowest BCUT2D eigenvalue weighted by Crippen LogP contribution is -2.30. The van der Waals surface area contributed by atoms with Gasteiger partial charge >= 0.3 is 0 Å². The summed E-state index contributed by atoms with van der Waals surface area (Å²) in [6.07, 6.45) is -0.570. The second kappa shape index (κ2) is 11.4. The van der Waals surface area contributed by atoms with E-state index in [1.807, 2.05) is 0 Å². The van der Waals surface area contributed by atoms with Crippen molar-refractivity contribution < 1.29 is 23.1 Å². The average molecular weight is 440 g/mol. The summed E-state index contributed by atoms with van der Waals surface area (Å²) < 4.78 is 29.4. The van der Waals surface area contributed by atoms with Gasteiger partial charge in [-0.25, -0.2) is 8.78 Å². The highest BCUT2D eigenvalue weighted by molar-refractivity contribution is 6.31. The number of hydrogen-bond donors (Lipinski definition) is 2. The van der Waals surface area contributed by atoms with Crippen molar-refractivity contribution in [2.75, 3.05) is 13.2 Å². The molecule has 2 N–H and O–H groups in total. The van der Waals surface area contributed by atoms with E-state index in [1.54, 1.807) is 38.2 Å². The Hall–Kier alpha value is -2.74. The topological polar surface area (TPSA) is 80.3 Å². The van der Waals surface area contributed by atoms with Crippen molar-refractivity contribution in [2.45, 2.75) is 33.2 Å². The van der Waals surface area contributed by atoms with Crippen LogP contribution in [0.3, 0.4) is 0 Å². The monoisotopic (exact) mass is 439 g/mol. The largest absolute Gasteiger partial charge is 0.488 e. The van der Waals surface area contributed by atoms with Gasteiger partial charge in [-0.1, -0.05) is 31.5 Å². The lowest BCUT2D eigenvalue weighted by Gasteiger charge is -2.12. The summed E-state index contributed by atoms with van der Waals surface area (Å²) in [4.78, 5) is 28.5. The fourth-order valence-electron chi connectivity index (χ4n) is 2.54. The van der Waals surface area contributed by atoms with Crippen molar-refractivity contribution in [1.29, 1.82) is 0 Å². The molecule has 1 aromatic heterocycles. The Morgan fingerprint density at radius 3 is 2.63 bits per heavy atom. The van der Waals surface area contributed by atoms with Gasteiger partial charge in [0, 0.05) is 36.6 Å². The Balaban J connectivity index is 1.96. The lowest BCUT2D eigenvalue weighted by molar-refractivity contribution is -0.123. The molecule has 2 aromatic rings. The summed E-state index contributed by atoms with van der Waals surface area (Å²) in [5, 5.41) is 5.87. The normalized spacial score (nSPS) is 10.9. The van der Waals surface area contributed by atoms with Crippen LogP contribution < -0.4 is 15.4 Å². The molecule has 9 heteroatoms. The average Bonchev–Trinajstić information content (AvgIpc) is 2.71. The summed E-state index contributed by atoms with van der Waals surface area (Å²) in [6, 6.07) is 7.87. The maximum Gasteiger partial charge on any atom is 0.272 e. The van der Waals surface area contributed by atoms with Crippen LogP contribution in [0.2, 0.25) is 5.02 Å². The van der Waals surface area contributed by atoms with Crippen LogP contribution in [0.5, 0.6) is 5.75 Å². The fraction of sp³-hybridized carbons (Fsp3) is 0.381. The number of pyridine rings is 1. The summed E-state index contributed by atoms with van der Waals surface area (Å²) in [5.74, 6) is -0.281. The Labute approximate surface area is 179 Å². The second-order valence-corrected chi connectivity index (χ2v) is 7.24. The summed E-state index contributed by atoms with van der Waals surface area (Å²) in [6.45, 7) is 3.41. The highest BCUT2D eigenvalue weighted by atomic mass is 35.5. The number of hydrogen-bond acceptors (Lipinski definition) is 4. The molecule has 1 heterocycles. The van der Waals surface area contributed by atoms with E-state index in [1.165, 1.54) is 12.1 Å². The summed E-state index contributed by atoms with van der Waals surface area (Å²) >= 11 is 6.16. The van der Waals surface area contributed by atoms with Gasteiger partial charge in [0.05, 0.1) is 11.3 Å². The maximum absolute atomic E-state index is 12.6. The molecule has 1 aromatic carbocycles. The van der Waals surface area contributed by atoms with Crippen LogP contribution in [0.4, 0.5) is 8.78 Å². The van der Waals surface area contributed by atoms with Gasteiger partial charge in [0.25, 0.3) is 12.3 Å². The van der Waals surface area contributed by atoms with Crippen LogP contribution in [-0.4, -0.2) is 36.4 Å². The Bertz CT molecular complexity index is 878. The van der Waals surface area contributed by atoms with Crippen LogP contribution >= 0.6 is 11.6 Å². The minimum absolute atomic E-state index is 0.0625. The first-order valence-electron chi connectivity index (χ1n) is 9.47. The molecule has 2 rings (SSSR count). The molecular weight excluding hydrogens is 416 g/mol. The van der Waals surface area contributed by atoms with E-state index in [4.69, 9.17) is 16.3 Å². The summed E-state index contributed by atoms with van der Waals surface area (Å²) in [5.41, 5.74) is 1.59. The number of nitrogens with one attached hydrogen (secondary N) is 2. The number of aromatic nitrogens is 1. The van der Waals surface area contributed by atoms with E-state index in [2.05, 4.69) is 15.6 Å². The molecule has 0 aliphatic rings. The van der Waals surface area contributed by atoms with Crippen LogP contribution in [0.1, 0.15) is 35.5 Å².